The van der Waals surface area contributed by atoms with Crippen LogP contribution in [0.1, 0.15) is 39.0 Å². The Hall–Kier alpha value is -0.280. The van der Waals surface area contributed by atoms with Crippen LogP contribution in [0.25, 0.3) is 0 Å². The molecule has 3 aliphatic carbocycles. The van der Waals surface area contributed by atoms with E-state index in [0.29, 0.717) is 6.04 Å². The molecular weight excluding hydrogens is 260 g/mol. The molecule has 0 aromatic heterocycles. The molecule has 0 heterocycles. The fraction of sp³-hybridized carbons (Fsp3) is 0.933. The van der Waals surface area contributed by atoms with E-state index < -0.39 is 0 Å². The molecular formula is C15H27ClN2O. The van der Waals surface area contributed by atoms with Crippen LogP contribution < -0.4 is 10.6 Å². The first-order chi connectivity index (χ1) is 8.70. The van der Waals surface area contributed by atoms with E-state index in [0.717, 1.165) is 30.2 Å². The van der Waals surface area contributed by atoms with Crippen molar-refractivity contribution in [2.75, 3.05) is 13.6 Å². The predicted molar refractivity (Wildman–Crippen MR) is 79.3 cm³/mol. The zero-order valence-electron chi connectivity index (χ0n) is 12.0. The summed E-state index contributed by atoms with van der Waals surface area (Å²) < 4.78 is 0. The summed E-state index contributed by atoms with van der Waals surface area (Å²) in [4.78, 5) is 12.1. The topological polar surface area (TPSA) is 41.1 Å². The third kappa shape index (κ3) is 2.64. The third-order valence-electron chi connectivity index (χ3n) is 5.71. The van der Waals surface area contributed by atoms with Crippen LogP contribution in [0, 0.1) is 29.6 Å². The van der Waals surface area contributed by atoms with E-state index in [1.807, 2.05) is 14.0 Å². The molecule has 3 aliphatic rings. The van der Waals surface area contributed by atoms with Crippen molar-refractivity contribution in [1.29, 1.82) is 0 Å². The monoisotopic (exact) mass is 286 g/mol. The lowest BCUT2D eigenvalue weighted by Gasteiger charge is -2.32. The van der Waals surface area contributed by atoms with E-state index in [9.17, 15) is 4.79 Å². The van der Waals surface area contributed by atoms with Crippen molar-refractivity contribution in [3.63, 3.8) is 0 Å². The lowest BCUT2D eigenvalue weighted by molar-refractivity contribution is -0.125. The van der Waals surface area contributed by atoms with Crippen molar-refractivity contribution in [2.24, 2.45) is 29.6 Å². The number of carbonyl (C=O) groups is 1. The average Bonchev–Trinajstić information content (AvgIpc) is 3.00. The molecule has 0 aromatic rings. The second-order valence-electron chi connectivity index (χ2n) is 6.73. The van der Waals surface area contributed by atoms with E-state index in [-0.39, 0.29) is 24.2 Å². The Bertz CT molecular complexity index is 336. The Morgan fingerprint density at radius 3 is 2.68 bits per heavy atom. The van der Waals surface area contributed by atoms with Crippen molar-refractivity contribution in [3.8, 4) is 0 Å². The van der Waals surface area contributed by atoms with Gasteiger partial charge in [0.1, 0.15) is 0 Å². The van der Waals surface area contributed by atoms with E-state index in [1.165, 1.54) is 32.1 Å². The molecule has 1 amide bonds. The van der Waals surface area contributed by atoms with Gasteiger partial charge in [0.15, 0.2) is 0 Å². The van der Waals surface area contributed by atoms with Gasteiger partial charge in [-0.05, 0) is 56.4 Å². The molecule has 6 atom stereocenters. The van der Waals surface area contributed by atoms with Crippen molar-refractivity contribution < 1.29 is 4.79 Å². The van der Waals surface area contributed by atoms with Gasteiger partial charge in [-0.15, -0.1) is 12.4 Å². The zero-order chi connectivity index (χ0) is 12.7. The minimum atomic E-state index is 0. The largest absolute Gasteiger partial charge is 0.353 e. The van der Waals surface area contributed by atoms with Crippen LogP contribution in [-0.2, 0) is 4.79 Å². The van der Waals surface area contributed by atoms with Crippen molar-refractivity contribution in [2.45, 2.75) is 45.1 Å². The molecule has 0 aliphatic heterocycles. The number of amides is 1. The number of rotatable bonds is 4. The molecule has 3 nitrogen and oxygen atoms in total. The van der Waals surface area contributed by atoms with Crippen molar-refractivity contribution >= 4 is 18.3 Å². The summed E-state index contributed by atoms with van der Waals surface area (Å²) in [7, 11) is 1.91. The maximum Gasteiger partial charge on any atom is 0.224 e. The molecule has 3 rings (SSSR count). The fourth-order valence-corrected chi connectivity index (χ4v) is 4.96. The van der Waals surface area contributed by atoms with E-state index in [2.05, 4.69) is 10.6 Å². The van der Waals surface area contributed by atoms with Gasteiger partial charge in [-0.1, -0.05) is 13.3 Å². The molecule has 0 saturated heterocycles. The van der Waals surface area contributed by atoms with Gasteiger partial charge in [0.05, 0.1) is 0 Å². The lowest BCUT2D eigenvalue weighted by Crippen LogP contribution is -2.45. The van der Waals surface area contributed by atoms with Crippen LogP contribution in [0.4, 0.5) is 0 Å². The number of hydrogen-bond acceptors (Lipinski definition) is 2. The number of hydrogen-bond donors (Lipinski definition) is 2. The predicted octanol–water partition coefficient (Wildman–Crippen LogP) is 2.20. The maximum atomic E-state index is 12.1. The number of fused-ring (bicyclic) bond motifs is 5. The van der Waals surface area contributed by atoms with Gasteiger partial charge in [-0.3, -0.25) is 4.79 Å². The second kappa shape index (κ2) is 6.01. The van der Waals surface area contributed by atoms with Gasteiger partial charge in [-0.2, -0.15) is 0 Å². The Balaban J connectivity index is 0.00000133. The normalized spacial score (nSPS) is 40.6. The molecule has 3 saturated carbocycles. The summed E-state index contributed by atoms with van der Waals surface area (Å²) in [6.45, 7) is 2.79. The highest BCUT2D eigenvalue weighted by Crippen LogP contribution is 2.58. The number of carbonyl (C=O) groups excluding carboxylic acids is 1. The zero-order valence-corrected chi connectivity index (χ0v) is 12.8. The summed E-state index contributed by atoms with van der Waals surface area (Å²) >= 11 is 0. The van der Waals surface area contributed by atoms with Crippen LogP contribution in [0.5, 0.6) is 0 Å². The Labute approximate surface area is 122 Å². The van der Waals surface area contributed by atoms with Gasteiger partial charge in [0.25, 0.3) is 0 Å². The molecule has 6 unspecified atom stereocenters. The highest BCUT2D eigenvalue weighted by atomic mass is 35.5. The van der Waals surface area contributed by atoms with Crippen LogP contribution in [-0.4, -0.2) is 25.5 Å². The van der Waals surface area contributed by atoms with Crippen molar-refractivity contribution in [3.05, 3.63) is 0 Å². The van der Waals surface area contributed by atoms with Crippen LogP contribution in [0.3, 0.4) is 0 Å². The van der Waals surface area contributed by atoms with Gasteiger partial charge in [0.2, 0.25) is 5.91 Å². The number of halogens is 1. The Kier molecular flexibility index (Phi) is 4.78. The SMILES string of the molecule is CNCC(C)C(=O)NC1CC2CC1C1CCCC21.Cl. The van der Waals surface area contributed by atoms with Gasteiger partial charge in [-0.25, -0.2) is 0 Å². The molecule has 4 heteroatoms. The van der Waals surface area contributed by atoms with E-state index in [4.69, 9.17) is 0 Å². The number of nitrogens with one attached hydrogen (secondary N) is 2. The lowest BCUT2D eigenvalue weighted by atomic mass is 9.79. The summed E-state index contributed by atoms with van der Waals surface area (Å²) in [5.74, 6) is 4.01. The smallest absolute Gasteiger partial charge is 0.224 e. The maximum absolute atomic E-state index is 12.1. The molecule has 0 spiro atoms. The highest BCUT2D eigenvalue weighted by molar-refractivity contribution is 5.85. The standard InChI is InChI=1S/C15H26N2O.ClH/c1-9(8-16-2)15(18)17-14-7-10-6-13(14)12-5-3-4-11(10)12;/h9-14,16H,3-8H2,1-2H3,(H,17,18);1H. The first-order valence-corrected chi connectivity index (χ1v) is 7.65. The van der Waals surface area contributed by atoms with Crippen LogP contribution in [0.2, 0.25) is 0 Å². The molecule has 110 valence electrons. The van der Waals surface area contributed by atoms with Crippen LogP contribution in [0.15, 0.2) is 0 Å². The minimum Gasteiger partial charge on any atom is -0.353 e. The van der Waals surface area contributed by atoms with E-state index >= 15 is 0 Å². The fourth-order valence-electron chi connectivity index (χ4n) is 4.96. The average molecular weight is 287 g/mol. The van der Waals surface area contributed by atoms with Crippen LogP contribution >= 0.6 is 12.4 Å². The third-order valence-corrected chi connectivity index (χ3v) is 5.71. The summed E-state index contributed by atoms with van der Waals surface area (Å²) in [6.07, 6.45) is 6.95. The molecule has 3 fully saturated rings. The highest BCUT2D eigenvalue weighted by Gasteiger charge is 2.54. The van der Waals surface area contributed by atoms with Gasteiger partial charge >= 0.3 is 0 Å². The Morgan fingerprint density at radius 2 is 1.95 bits per heavy atom. The van der Waals surface area contributed by atoms with Gasteiger partial charge in [0, 0.05) is 18.5 Å². The first-order valence-electron chi connectivity index (χ1n) is 7.65. The minimum absolute atomic E-state index is 0. The molecule has 2 N–H and O–H groups in total. The summed E-state index contributed by atoms with van der Waals surface area (Å²) in [5.41, 5.74) is 0. The quantitative estimate of drug-likeness (QED) is 0.832. The van der Waals surface area contributed by atoms with Crippen molar-refractivity contribution in [1.82, 2.24) is 10.6 Å². The summed E-state index contributed by atoms with van der Waals surface area (Å²) in [6, 6.07) is 0.487. The van der Waals surface area contributed by atoms with Gasteiger partial charge < -0.3 is 10.6 Å². The first kappa shape index (κ1) is 15.1. The Morgan fingerprint density at radius 1 is 1.21 bits per heavy atom. The summed E-state index contributed by atoms with van der Waals surface area (Å²) in [5, 5.41) is 6.41. The van der Waals surface area contributed by atoms with E-state index in [1.54, 1.807) is 0 Å². The molecule has 2 bridgehead atoms. The molecule has 0 aromatic carbocycles. The second-order valence-corrected chi connectivity index (χ2v) is 6.73. The molecule has 19 heavy (non-hydrogen) atoms. The molecule has 0 radical (unpaired) electrons.